The second kappa shape index (κ2) is 7.39. The highest BCUT2D eigenvalue weighted by atomic mass is 35.5. The summed E-state index contributed by atoms with van der Waals surface area (Å²) in [5, 5.41) is 9.20. The molecule has 1 aromatic carbocycles. The standard InChI is InChI=1S/C18H15ClN4O2S/c1-12-3-2-8-23-9-14(20-17(12)23)11-26-18-22-21-16(25-18)10-24-15-6-4-13(19)5-7-15/h2-9H,10-11H2,1H3. The van der Waals surface area contributed by atoms with E-state index in [1.165, 1.54) is 11.8 Å². The first-order valence-electron chi connectivity index (χ1n) is 7.94. The molecule has 3 aromatic heterocycles. The number of imidazole rings is 1. The highest BCUT2D eigenvalue weighted by Gasteiger charge is 2.10. The van der Waals surface area contributed by atoms with Crippen LogP contribution in [0.25, 0.3) is 5.65 Å². The molecule has 0 bridgehead atoms. The van der Waals surface area contributed by atoms with Crippen molar-refractivity contribution in [2.24, 2.45) is 0 Å². The predicted octanol–water partition coefficient (Wildman–Crippen LogP) is 4.55. The summed E-state index contributed by atoms with van der Waals surface area (Å²) in [5.74, 6) is 1.77. The van der Waals surface area contributed by atoms with Crippen molar-refractivity contribution in [3.63, 3.8) is 0 Å². The number of ether oxygens (including phenoxy) is 1. The van der Waals surface area contributed by atoms with Crippen LogP contribution < -0.4 is 4.74 Å². The lowest BCUT2D eigenvalue weighted by atomic mass is 10.3. The van der Waals surface area contributed by atoms with Gasteiger partial charge < -0.3 is 13.6 Å². The average molecular weight is 387 g/mol. The molecule has 0 fully saturated rings. The molecule has 0 atom stereocenters. The first kappa shape index (κ1) is 16.9. The van der Waals surface area contributed by atoms with E-state index in [-0.39, 0.29) is 6.61 Å². The quantitative estimate of drug-likeness (QED) is 0.453. The third-order valence-electron chi connectivity index (χ3n) is 3.70. The second-order valence-electron chi connectivity index (χ2n) is 5.65. The van der Waals surface area contributed by atoms with Crippen molar-refractivity contribution < 1.29 is 9.15 Å². The number of hydrogen-bond acceptors (Lipinski definition) is 6. The molecule has 8 heteroatoms. The smallest absolute Gasteiger partial charge is 0.277 e. The molecule has 4 rings (SSSR count). The Balaban J connectivity index is 1.35. The van der Waals surface area contributed by atoms with Crippen LogP contribution in [0.1, 0.15) is 17.1 Å². The average Bonchev–Trinajstić information content (AvgIpc) is 3.27. The van der Waals surface area contributed by atoms with Gasteiger partial charge in [-0.15, -0.1) is 10.2 Å². The van der Waals surface area contributed by atoms with E-state index in [9.17, 15) is 0 Å². The van der Waals surface area contributed by atoms with Crippen LogP contribution in [0.4, 0.5) is 0 Å². The van der Waals surface area contributed by atoms with Crippen molar-refractivity contribution in [1.82, 2.24) is 19.6 Å². The molecule has 0 spiro atoms. The molecule has 0 aliphatic carbocycles. The van der Waals surface area contributed by atoms with Crippen LogP contribution >= 0.6 is 23.4 Å². The Bertz CT molecular complexity index is 1030. The summed E-state index contributed by atoms with van der Waals surface area (Å²) < 4.78 is 13.2. The number of aryl methyl sites for hydroxylation is 1. The molecule has 4 aromatic rings. The minimum atomic E-state index is 0.211. The maximum atomic E-state index is 5.85. The maximum Gasteiger partial charge on any atom is 0.277 e. The van der Waals surface area contributed by atoms with Crippen LogP contribution in [-0.2, 0) is 12.4 Å². The number of halogens is 1. The number of benzene rings is 1. The fraction of sp³-hybridized carbons (Fsp3) is 0.167. The van der Waals surface area contributed by atoms with Gasteiger partial charge in [-0.05, 0) is 42.8 Å². The van der Waals surface area contributed by atoms with Crippen LogP contribution in [0.5, 0.6) is 5.75 Å². The van der Waals surface area contributed by atoms with Crippen molar-refractivity contribution in [2.75, 3.05) is 0 Å². The zero-order chi connectivity index (χ0) is 17.9. The third kappa shape index (κ3) is 3.84. The summed E-state index contributed by atoms with van der Waals surface area (Å²) in [7, 11) is 0. The second-order valence-corrected chi connectivity index (χ2v) is 7.01. The number of fused-ring (bicyclic) bond motifs is 1. The molecule has 26 heavy (non-hydrogen) atoms. The van der Waals surface area contributed by atoms with Crippen LogP contribution in [0, 0.1) is 6.92 Å². The van der Waals surface area contributed by atoms with Gasteiger partial charge in [-0.2, -0.15) is 0 Å². The predicted molar refractivity (Wildman–Crippen MR) is 99.6 cm³/mol. The van der Waals surface area contributed by atoms with Gasteiger partial charge in [0.05, 0.1) is 5.69 Å². The fourth-order valence-corrected chi connectivity index (χ4v) is 3.23. The summed E-state index contributed by atoms with van der Waals surface area (Å²) in [6, 6.07) is 11.2. The molecule has 0 amide bonds. The number of hydrogen-bond donors (Lipinski definition) is 0. The molecule has 132 valence electrons. The van der Waals surface area contributed by atoms with E-state index in [4.69, 9.17) is 20.8 Å². The van der Waals surface area contributed by atoms with Gasteiger partial charge in [-0.25, -0.2) is 4.98 Å². The topological polar surface area (TPSA) is 65.5 Å². The minimum absolute atomic E-state index is 0.211. The van der Waals surface area contributed by atoms with Crippen molar-refractivity contribution in [3.05, 3.63) is 71.0 Å². The Kier molecular flexibility index (Phi) is 4.81. The van der Waals surface area contributed by atoms with Gasteiger partial charge in [-0.3, -0.25) is 0 Å². The van der Waals surface area contributed by atoms with E-state index in [0.29, 0.717) is 27.6 Å². The lowest BCUT2D eigenvalue weighted by Gasteiger charge is -2.02. The molecule has 0 radical (unpaired) electrons. The summed E-state index contributed by atoms with van der Waals surface area (Å²) in [4.78, 5) is 4.63. The molecule has 3 heterocycles. The van der Waals surface area contributed by atoms with Crippen LogP contribution in [0.3, 0.4) is 0 Å². The first-order valence-corrected chi connectivity index (χ1v) is 9.30. The summed E-state index contributed by atoms with van der Waals surface area (Å²) in [6.07, 6.45) is 4.00. The van der Waals surface area contributed by atoms with Gasteiger partial charge in [0.1, 0.15) is 11.4 Å². The maximum absolute atomic E-state index is 5.85. The Hall–Kier alpha value is -2.51. The molecule has 0 aliphatic heterocycles. The van der Waals surface area contributed by atoms with Crippen LogP contribution in [-0.4, -0.2) is 19.6 Å². The molecule has 6 nitrogen and oxygen atoms in total. The fourth-order valence-electron chi connectivity index (χ4n) is 2.44. The molecule has 0 aliphatic rings. The Morgan fingerprint density at radius 2 is 2.04 bits per heavy atom. The Morgan fingerprint density at radius 3 is 2.85 bits per heavy atom. The Labute approximate surface area is 159 Å². The molecule has 0 unspecified atom stereocenters. The molecular formula is C18H15ClN4O2S. The van der Waals surface area contributed by atoms with Crippen LogP contribution in [0.2, 0.25) is 5.02 Å². The zero-order valence-electron chi connectivity index (χ0n) is 13.9. The number of thioether (sulfide) groups is 1. The molecule has 0 saturated carbocycles. The monoisotopic (exact) mass is 386 g/mol. The molecule has 0 saturated heterocycles. The SMILES string of the molecule is Cc1cccn2cc(CSc3nnc(COc4ccc(Cl)cc4)o3)nc12. The van der Waals surface area contributed by atoms with Crippen LogP contribution in [0.15, 0.2) is 58.4 Å². The van der Waals surface area contributed by atoms with Crippen molar-refractivity contribution in [2.45, 2.75) is 24.5 Å². The largest absolute Gasteiger partial charge is 0.484 e. The van der Waals surface area contributed by atoms with E-state index in [0.717, 1.165) is 16.9 Å². The van der Waals surface area contributed by atoms with E-state index < -0.39 is 0 Å². The lowest BCUT2D eigenvalue weighted by molar-refractivity contribution is 0.252. The molecule has 0 N–H and O–H groups in total. The van der Waals surface area contributed by atoms with Crippen molar-refractivity contribution in [1.29, 1.82) is 0 Å². The number of nitrogens with zero attached hydrogens (tertiary/aromatic N) is 4. The van der Waals surface area contributed by atoms with E-state index in [1.807, 2.05) is 35.9 Å². The van der Waals surface area contributed by atoms with E-state index >= 15 is 0 Å². The highest BCUT2D eigenvalue weighted by Crippen LogP contribution is 2.23. The first-order chi connectivity index (χ1) is 12.7. The molecular weight excluding hydrogens is 372 g/mol. The number of pyridine rings is 1. The third-order valence-corrected chi connectivity index (χ3v) is 4.80. The minimum Gasteiger partial charge on any atom is -0.484 e. The normalized spacial score (nSPS) is 11.2. The highest BCUT2D eigenvalue weighted by molar-refractivity contribution is 7.98. The van der Waals surface area contributed by atoms with E-state index in [2.05, 4.69) is 15.2 Å². The summed E-state index contributed by atoms with van der Waals surface area (Å²) in [6.45, 7) is 2.26. The summed E-state index contributed by atoms with van der Waals surface area (Å²) in [5.41, 5.74) is 3.07. The summed E-state index contributed by atoms with van der Waals surface area (Å²) >= 11 is 7.30. The van der Waals surface area contributed by atoms with Gasteiger partial charge in [0, 0.05) is 23.2 Å². The van der Waals surface area contributed by atoms with Gasteiger partial charge in [0.2, 0.25) is 0 Å². The van der Waals surface area contributed by atoms with Gasteiger partial charge in [0.15, 0.2) is 6.61 Å². The van der Waals surface area contributed by atoms with E-state index in [1.54, 1.807) is 24.3 Å². The van der Waals surface area contributed by atoms with Gasteiger partial charge >= 0.3 is 0 Å². The van der Waals surface area contributed by atoms with Gasteiger partial charge in [0.25, 0.3) is 11.1 Å². The zero-order valence-corrected chi connectivity index (χ0v) is 15.5. The lowest BCUT2D eigenvalue weighted by Crippen LogP contribution is -1.95. The Morgan fingerprint density at radius 1 is 1.19 bits per heavy atom. The number of aromatic nitrogens is 4. The number of rotatable bonds is 6. The van der Waals surface area contributed by atoms with Gasteiger partial charge in [-0.1, -0.05) is 29.4 Å². The van der Waals surface area contributed by atoms with Crippen molar-refractivity contribution in [3.8, 4) is 5.75 Å². The van der Waals surface area contributed by atoms with Crippen molar-refractivity contribution >= 4 is 29.0 Å².